The first kappa shape index (κ1) is 14.6. The summed E-state index contributed by atoms with van der Waals surface area (Å²) in [5, 5.41) is 0. The molecule has 1 aliphatic heterocycles. The second-order valence-corrected chi connectivity index (χ2v) is 8.50. The molecular weight excluding hydrogens is 254 g/mol. The van der Waals surface area contributed by atoms with E-state index >= 15 is 0 Å². The van der Waals surface area contributed by atoms with Crippen molar-refractivity contribution >= 4 is 39.9 Å². The van der Waals surface area contributed by atoms with Gasteiger partial charge in [0.05, 0.1) is 16.0 Å². The van der Waals surface area contributed by atoms with Gasteiger partial charge in [0.2, 0.25) is 5.91 Å². The van der Waals surface area contributed by atoms with Crippen molar-refractivity contribution in [2.24, 2.45) is 15.7 Å². The van der Waals surface area contributed by atoms with Crippen LogP contribution in [0, 0.1) is 0 Å². The molecule has 17 heavy (non-hydrogen) atoms. The standard InChI is InChI=1S/C11H19N3OS2/c1-10(2)6-13-5-8(9(12)15)14-7-11(3,4)17-16-10/h6-8H,5H2,1-4H3,(H2,12,15). The van der Waals surface area contributed by atoms with Crippen molar-refractivity contribution in [2.75, 3.05) is 6.54 Å². The highest BCUT2D eigenvalue weighted by atomic mass is 33.1. The summed E-state index contributed by atoms with van der Waals surface area (Å²) in [7, 11) is 3.48. The number of hydrogen-bond acceptors (Lipinski definition) is 5. The predicted molar refractivity (Wildman–Crippen MR) is 78.2 cm³/mol. The van der Waals surface area contributed by atoms with E-state index in [1.54, 1.807) is 27.8 Å². The van der Waals surface area contributed by atoms with E-state index in [2.05, 4.69) is 37.7 Å². The minimum Gasteiger partial charge on any atom is -0.368 e. The summed E-state index contributed by atoms with van der Waals surface area (Å²) >= 11 is 0. The minimum atomic E-state index is -0.551. The molecule has 1 atom stereocenters. The van der Waals surface area contributed by atoms with E-state index in [0.29, 0.717) is 6.54 Å². The van der Waals surface area contributed by atoms with Gasteiger partial charge >= 0.3 is 0 Å². The van der Waals surface area contributed by atoms with Crippen molar-refractivity contribution in [1.82, 2.24) is 0 Å². The average molecular weight is 273 g/mol. The molecule has 4 nitrogen and oxygen atoms in total. The summed E-state index contributed by atoms with van der Waals surface area (Å²) < 4.78 is -0.184. The summed E-state index contributed by atoms with van der Waals surface area (Å²) in [5.41, 5.74) is 5.30. The smallest absolute Gasteiger partial charge is 0.244 e. The van der Waals surface area contributed by atoms with Crippen LogP contribution in [0.5, 0.6) is 0 Å². The number of nitrogens with zero attached hydrogens (tertiary/aromatic N) is 2. The Bertz CT molecular complexity index is 351. The first-order valence-corrected chi connectivity index (χ1v) is 7.58. The van der Waals surface area contributed by atoms with Gasteiger partial charge in [-0.25, -0.2) is 0 Å². The molecule has 0 radical (unpaired) electrons. The van der Waals surface area contributed by atoms with Crippen LogP contribution in [-0.2, 0) is 4.79 Å². The average Bonchev–Trinajstić information content (AvgIpc) is 2.19. The number of nitrogens with two attached hydrogens (primary N) is 1. The lowest BCUT2D eigenvalue weighted by Crippen LogP contribution is -2.32. The largest absolute Gasteiger partial charge is 0.368 e. The van der Waals surface area contributed by atoms with E-state index < -0.39 is 11.9 Å². The Morgan fingerprint density at radius 2 is 1.76 bits per heavy atom. The van der Waals surface area contributed by atoms with Gasteiger partial charge in [0.1, 0.15) is 6.04 Å². The number of aliphatic imine (C=N–C) groups is 2. The van der Waals surface area contributed by atoms with Gasteiger partial charge in [-0.3, -0.25) is 14.8 Å². The molecule has 0 aromatic carbocycles. The predicted octanol–water partition coefficient (Wildman–Crippen LogP) is 1.93. The molecule has 0 aliphatic carbocycles. The zero-order valence-corrected chi connectivity index (χ0v) is 12.3. The highest BCUT2D eigenvalue weighted by Crippen LogP contribution is 2.42. The van der Waals surface area contributed by atoms with Crippen LogP contribution in [0.1, 0.15) is 27.7 Å². The maximum absolute atomic E-state index is 11.2. The Hall–Kier alpha value is -0.490. The van der Waals surface area contributed by atoms with E-state index in [1.165, 1.54) is 0 Å². The second kappa shape index (κ2) is 5.44. The van der Waals surface area contributed by atoms with Gasteiger partial charge in [-0.05, 0) is 27.7 Å². The molecule has 0 spiro atoms. The summed E-state index contributed by atoms with van der Waals surface area (Å²) in [5.74, 6) is -0.426. The molecule has 0 aromatic rings. The fraction of sp³-hybridized carbons (Fsp3) is 0.727. The fourth-order valence-electron chi connectivity index (χ4n) is 1.11. The molecule has 0 saturated carbocycles. The lowest BCUT2D eigenvalue weighted by atomic mass is 10.2. The maximum Gasteiger partial charge on any atom is 0.244 e. The van der Waals surface area contributed by atoms with Crippen LogP contribution < -0.4 is 5.73 Å². The van der Waals surface area contributed by atoms with Crippen molar-refractivity contribution in [3.8, 4) is 0 Å². The lowest BCUT2D eigenvalue weighted by molar-refractivity contribution is -0.118. The lowest BCUT2D eigenvalue weighted by Gasteiger charge is -2.26. The SMILES string of the molecule is CC1(C)C=NCC(C(N)=O)N=CC(C)(C)SS1. The molecule has 0 aromatic heterocycles. The summed E-state index contributed by atoms with van der Waals surface area (Å²) in [4.78, 5) is 19.7. The first-order chi connectivity index (χ1) is 7.72. The van der Waals surface area contributed by atoms with E-state index in [1.807, 2.05) is 6.21 Å². The van der Waals surface area contributed by atoms with Crippen LogP contribution in [0.4, 0.5) is 0 Å². The fourth-order valence-corrected chi connectivity index (χ4v) is 3.31. The van der Waals surface area contributed by atoms with Gasteiger partial charge < -0.3 is 5.73 Å². The van der Waals surface area contributed by atoms with Crippen LogP contribution in [0.3, 0.4) is 0 Å². The van der Waals surface area contributed by atoms with Gasteiger partial charge in [0.25, 0.3) is 0 Å². The highest BCUT2D eigenvalue weighted by molar-refractivity contribution is 8.78. The van der Waals surface area contributed by atoms with Gasteiger partial charge in [-0.15, -0.1) is 0 Å². The van der Waals surface area contributed by atoms with Crippen LogP contribution in [-0.4, -0.2) is 40.4 Å². The Labute approximate surface area is 110 Å². The highest BCUT2D eigenvalue weighted by Gasteiger charge is 2.25. The van der Waals surface area contributed by atoms with Crippen LogP contribution in [0.25, 0.3) is 0 Å². The summed E-state index contributed by atoms with van der Waals surface area (Å²) in [6.45, 7) is 8.67. The van der Waals surface area contributed by atoms with Crippen molar-refractivity contribution in [3.63, 3.8) is 0 Å². The van der Waals surface area contributed by atoms with E-state index in [-0.39, 0.29) is 9.49 Å². The molecule has 1 aliphatic rings. The molecule has 6 heteroatoms. The third-order valence-electron chi connectivity index (χ3n) is 2.05. The maximum atomic E-state index is 11.2. The van der Waals surface area contributed by atoms with Gasteiger partial charge in [0, 0.05) is 12.4 Å². The Morgan fingerprint density at radius 1 is 1.24 bits per heavy atom. The van der Waals surface area contributed by atoms with Crippen molar-refractivity contribution < 1.29 is 4.79 Å². The van der Waals surface area contributed by atoms with Gasteiger partial charge in [0.15, 0.2) is 0 Å². The topological polar surface area (TPSA) is 67.8 Å². The molecule has 0 fully saturated rings. The Balaban J connectivity index is 2.93. The molecule has 1 amide bonds. The number of rotatable bonds is 1. The third-order valence-corrected chi connectivity index (χ3v) is 6.03. The number of carbonyl (C=O) groups is 1. The Morgan fingerprint density at radius 3 is 2.29 bits per heavy atom. The monoisotopic (exact) mass is 273 g/mol. The molecular formula is C11H19N3OS2. The van der Waals surface area contributed by atoms with Crippen LogP contribution >= 0.6 is 21.6 Å². The third kappa shape index (κ3) is 5.12. The van der Waals surface area contributed by atoms with Crippen molar-refractivity contribution in [2.45, 2.75) is 43.2 Å². The van der Waals surface area contributed by atoms with Crippen LogP contribution in [0.15, 0.2) is 9.98 Å². The van der Waals surface area contributed by atoms with Gasteiger partial charge in [-0.1, -0.05) is 21.6 Å². The number of primary amides is 1. The van der Waals surface area contributed by atoms with Crippen molar-refractivity contribution in [3.05, 3.63) is 0 Å². The molecule has 0 saturated heterocycles. The van der Waals surface area contributed by atoms with Gasteiger partial charge in [-0.2, -0.15) is 0 Å². The zero-order valence-electron chi connectivity index (χ0n) is 10.6. The van der Waals surface area contributed by atoms with Crippen LogP contribution in [0.2, 0.25) is 0 Å². The minimum absolute atomic E-state index is 0.0602. The molecule has 1 unspecified atom stereocenters. The number of carbonyl (C=O) groups excluding carboxylic acids is 1. The normalized spacial score (nSPS) is 27.6. The molecule has 1 rings (SSSR count). The van der Waals surface area contributed by atoms with E-state index in [9.17, 15) is 4.79 Å². The molecule has 0 bridgehead atoms. The molecule has 96 valence electrons. The van der Waals surface area contributed by atoms with E-state index in [4.69, 9.17) is 5.73 Å². The first-order valence-electron chi connectivity index (χ1n) is 5.43. The zero-order chi connectivity index (χ0) is 13.1. The second-order valence-electron chi connectivity index (χ2n) is 5.06. The Kier molecular flexibility index (Phi) is 4.66. The molecule has 2 N–H and O–H groups in total. The quantitative estimate of drug-likeness (QED) is 0.742. The number of amides is 1. The van der Waals surface area contributed by atoms with Crippen molar-refractivity contribution in [1.29, 1.82) is 0 Å². The summed E-state index contributed by atoms with van der Waals surface area (Å²) in [6, 6.07) is -0.551. The summed E-state index contributed by atoms with van der Waals surface area (Å²) in [6.07, 6.45) is 3.68. The van der Waals surface area contributed by atoms with E-state index in [0.717, 1.165) is 0 Å². The molecule has 1 heterocycles. The number of hydrogen-bond donors (Lipinski definition) is 1.